The van der Waals surface area contributed by atoms with Gasteiger partial charge in [0.1, 0.15) is 0 Å². The van der Waals surface area contributed by atoms with E-state index < -0.39 is 71.0 Å². The third kappa shape index (κ3) is 9.35. The second-order valence-corrected chi connectivity index (χ2v) is 33.1. The van der Waals surface area contributed by atoms with E-state index in [0.717, 1.165) is 22.2 Å². The molecule has 0 bridgehead atoms. The standard InChI is InChI=1S/2C26H24F3GeNO2/c2*1-25(2)19-33-24(32)31(25)18-23(26(27,28)29)30(20-12-6-3-7-13-20,21-14-8-4-9-15-21)22-16-10-5-11-17-22/h2*3-18H,19H2,1-2H3/b2*23-18-. The van der Waals surface area contributed by atoms with Gasteiger partial charge in [0, 0.05) is 0 Å². The molecule has 2 amide bonds. The second-order valence-electron chi connectivity index (χ2n) is 17.3. The summed E-state index contributed by atoms with van der Waals surface area (Å²) in [4.78, 5) is 27.2. The van der Waals surface area contributed by atoms with Crippen LogP contribution < -0.4 is 26.4 Å². The van der Waals surface area contributed by atoms with E-state index in [4.69, 9.17) is 9.47 Å². The number of benzene rings is 6. The second kappa shape index (κ2) is 19.1. The van der Waals surface area contributed by atoms with Crippen LogP contribution in [-0.4, -0.2) is 85.2 Å². The van der Waals surface area contributed by atoms with Crippen molar-refractivity contribution in [2.45, 2.75) is 51.1 Å². The maximum atomic E-state index is 15.1. The first-order valence-corrected chi connectivity index (χ1v) is 29.6. The number of ether oxygens (including phenoxy) is 2. The molecule has 66 heavy (non-hydrogen) atoms. The van der Waals surface area contributed by atoms with Gasteiger partial charge >= 0.3 is 388 Å². The average Bonchev–Trinajstić information content (AvgIpc) is 3.73. The molecule has 0 spiro atoms. The normalized spacial score (nSPS) is 16.6. The van der Waals surface area contributed by atoms with E-state index in [2.05, 4.69) is 0 Å². The van der Waals surface area contributed by atoms with Crippen molar-refractivity contribution in [2.75, 3.05) is 13.2 Å². The van der Waals surface area contributed by atoms with Crippen LogP contribution in [0.1, 0.15) is 27.7 Å². The van der Waals surface area contributed by atoms with Crippen LogP contribution in [0, 0.1) is 0 Å². The molecule has 0 radical (unpaired) electrons. The van der Waals surface area contributed by atoms with Gasteiger partial charge in [0.05, 0.1) is 0 Å². The van der Waals surface area contributed by atoms with Crippen molar-refractivity contribution in [1.82, 2.24) is 9.80 Å². The summed E-state index contributed by atoms with van der Waals surface area (Å²) in [5, 5.41) is 0. The molecule has 0 N–H and O–H groups in total. The molecule has 6 nitrogen and oxygen atoms in total. The minimum atomic E-state index is -4.68. The van der Waals surface area contributed by atoms with Gasteiger partial charge in [-0.25, -0.2) is 0 Å². The number of carbonyl (C=O) groups excluding carboxylic acids is 2. The number of alkyl halides is 6. The Labute approximate surface area is 385 Å². The fraction of sp³-hybridized carbons (Fsp3) is 0.192. The van der Waals surface area contributed by atoms with Crippen LogP contribution >= 0.6 is 0 Å². The van der Waals surface area contributed by atoms with Crippen LogP contribution in [0.15, 0.2) is 203 Å². The Hall–Kier alpha value is -5.99. The molecule has 2 aliphatic heterocycles. The third-order valence-corrected chi connectivity index (χ3v) is 32.2. The zero-order valence-electron chi connectivity index (χ0n) is 36.7. The molecule has 2 fully saturated rings. The van der Waals surface area contributed by atoms with Gasteiger partial charge in [-0.05, 0) is 0 Å². The molecule has 6 aromatic carbocycles. The van der Waals surface area contributed by atoms with Crippen LogP contribution in [0.25, 0.3) is 0 Å². The number of rotatable bonds is 10. The quantitative estimate of drug-likeness (QED) is 0.102. The average molecular weight is 1020 g/mol. The van der Waals surface area contributed by atoms with E-state index in [-0.39, 0.29) is 13.2 Å². The summed E-state index contributed by atoms with van der Waals surface area (Å²) in [5.74, 6) is 0. The molecule has 0 saturated carbocycles. The molecule has 0 aliphatic carbocycles. The Kier molecular flexibility index (Phi) is 13.9. The molecule has 8 rings (SSSR count). The Morgan fingerprint density at radius 3 is 0.773 bits per heavy atom. The van der Waals surface area contributed by atoms with E-state index in [1.165, 1.54) is 0 Å². The van der Waals surface area contributed by atoms with Crippen LogP contribution in [0.4, 0.5) is 35.9 Å². The Bertz CT molecular complexity index is 2290. The third-order valence-electron chi connectivity index (χ3n) is 12.0. The summed E-state index contributed by atoms with van der Waals surface area (Å²) >= 11 is -9.22. The Morgan fingerprint density at radius 1 is 0.424 bits per heavy atom. The van der Waals surface area contributed by atoms with Crippen molar-refractivity contribution in [3.05, 3.63) is 203 Å². The number of amides is 2. The van der Waals surface area contributed by atoms with Gasteiger partial charge in [0.2, 0.25) is 0 Å². The molecular formula is C52H48F6Ge2N2O4. The van der Waals surface area contributed by atoms with Crippen molar-refractivity contribution in [3.8, 4) is 0 Å². The first-order chi connectivity index (χ1) is 31.3. The number of cyclic esters (lactones) is 2. The zero-order chi connectivity index (χ0) is 47.4. The zero-order valence-corrected chi connectivity index (χ0v) is 40.9. The van der Waals surface area contributed by atoms with E-state index in [1.807, 2.05) is 0 Å². The van der Waals surface area contributed by atoms with Gasteiger partial charge in [-0.2, -0.15) is 0 Å². The van der Waals surface area contributed by atoms with Crippen molar-refractivity contribution in [2.24, 2.45) is 0 Å². The number of carbonyl (C=O) groups is 2. The van der Waals surface area contributed by atoms with Gasteiger partial charge in [0.25, 0.3) is 0 Å². The van der Waals surface area contributed by atoms with Crippen molar-refractivity contribution >= 4 is 65.1 Å². The number of hydrogen-bond acceptors (Lipinski definition) is 4. The number of hydrogen-bond donors (Lipinski definition) is 0. The topological polar surface area (TPSA) is 59.1 Å². The van der Waals surface area contributed by atoms with Crippen molar-refractivity contribution < 1.29 is 45.4 Å². The summed E-state index contributed by atoms with van der Waals surface area (Å²) in [6.45, 7) is 6.84. The van der Waals surface area contributed by atoms with Crippen LogP contribution in [-0.2, 0) is 9.47 Å². The van der Waals surface area contributed by atoms with Gasteiger partial charge in [0.15, 0.2) is 0 Å². The summed E-state index contributed by atoms with van der Waals surface area (Å²) in [7, 11) is 0. The van der Waals surface area contributed by atoms with Crippen LogP contribution in [0.2, 0.25) is 0 Å². The molecule has 2 heterocycles. The number of halogens is 6. The molecule has 2 saturated heterocycles. The van der Waals surface area contributed by atoms with E-state index >= 15 is 26.3 Å². The molecule has 340 valence electrons. The van der Waals surface area contributed by atoms with E-state index in [0.29, 0.717) is 26.4 Å². The first kappa shape index (κ1) is 48.0. The van der Waals surface area contributed by atoms with Crippen molar-refractivity contribution in [1.29, 1.82) is 0 Å². The van der Waals surface area contributed by atoms with Gasteiger partial charge < -0.3 is 0 Å². The van der Waals surface area contributed by atoms with Crippen LogP contribution in [0.3, 0.4) is 0 Å². The van der Waals surface area contributed by atoms with Crippen LogP contribution in [0.5, 0.6) is 0 Å². The van der Waals surface area contributed by atoms with Crippen molar-refractivity contribution in [3.63, 3.8) is 0 Å². The summed E-state index contributed by atoms with van der Waals surface area (Å²) < 4.78 is 103. The maximum absolute atomic E-state index is 15.1. The van der Waals surface area contributed by atoms with Gasteiger partial charge in [-0.3, -0.25) is 0 Å². The summed E-state index contributed by atoms with van der Waals surface area (Å²) in [6.07, 6.45) is -8.87. The monoisotopic (exact) mass is 1030 g/mol. The summed E-state index contributed by atoms with van der Waals surface area (Å²) in [6, 6.07) is 53.2. The molecule has 0 unspecified atom stereocenters. The van der Waals surface area contributed by atoms with E-state index in [1.54, 1.807) is 210 Å². The summed E-state index contributed by atoms with van der Waals surface area (Å²) in [5.41, 5.74) is -1.79. The molecule has 2 aliphatic rings. The SMILES string of the molecule is CC1(C)COC(=O)N1/C=[C](/C(F)(F)F)[Ge]([c]1ccccc1)([c]1ccccc1)[c]1ccccc1.CC1(C)COC(=O)N1/C=[C](/C(F)(F)F)[Ge]([c]1ccccc1)([c]1ccccc1)[c]1ccccc1. The Balaban J connectivity index is 0.000000196. The molecular weight excluding hydrogens is 976 g/mol. The predicted octanol–water partition coefficient (Wildman–Crippen LogP) is 8.75. The fourth-order valence-electron chi connectivity index (χ4n) is 8.79. The predicted molar refractivity (Wildman–Crippen MR) is 251 cm³/mol. The first-order valence-electron chi connectivity index (χ1n) is 21.2. The minimum absolute atomic E-state index is 0.0233. The number of nitrogens with zero attached hydrogens (tertiary/aromatic N) is 2. The molecule has 6 aromatic rings. The molecule has 14 heteroatoms. The molecule has 0 atom stereocenters. The van der Waals surface area contributed by atoms with E-state index in [9.17, 15) is 9.59 Å². The number of allylic oxidation sites excluding steroid dienone is 2. The van der Waals surface area contributed by atoms with Gasteiger partial charge in [-0.1, -0.05) is 0 Å². The van der Waals surface area contributed by atoms with Gasteiger partial charge in [-0.15, -0.1) is 0 Å². The Morgan fingerprint density at radius 2 is 0.621 bits per heavy atom. The fourth-order valence-corrected chi connectivity index (χ4v) is 28.8. The molecule has 0 aromatic heterocycles.